The quantitative estimate of drug-likeness (QED) is 0.791. The van der Waals surface area contributed by atoms with E-state index < -0.39 is 0 Å². The maximum absolute atomic E-state index is 13.4. The second kappa shape index (κ2) is 4.27. The molecule has 0 atom stereocenters. The summed E-state index contributed by atoms with van der Waals surface area (Å²) in [5.41, 5.74) is 5.86. The van der Waals surface area contributed by atoms with Gasteiger partial charge in [-0.3, -0.25) is 4.98 Å². The lowest BCUT2D eigenvalue weighted by molar-refractivity contribution is 0.602. The summed E-state index contributed by atoms with van der Waals surface area (Å²) in [7, 11) is 0. The summed E-state index contributed by atoms with van der Waals surface area (Å²) in [6, 6.07) is 4.57. The van der Waals surface area contributed by atoms with Crippen molar-refractivity contribution in [3.05, 3.63) is 42.6 Å². The average molecular weight is 221 g/mol. The summed E-state index contributed by atoms with van der Waals surface area (Å²) in [5.74, 6) is -0.342. The molecule has 2 aromatic rings. The fourth-order valence-corrected chi connectivity index (χ4v) is 1.80. The Labute approximate surface area is 90.6 Å². The van der Waals surface area contributed by atoms with Crippen LogP contribution in [0.2, 0.25) is 0 Å². The van der Waals surface area contributed by atoms with Crippen molar-refractivity contribution in [2.75, 3.05) is 5.73 Å². The molecule has 0 unspecified atom stereocenters. The fraction of sp³-hybridized carbons (Fsp3) is 0. The molecule has 3 nitrogen and oxygen atoms in total. The number of nitrogens with two attached hydrogens (primary N) is 1. The predicted octanol–water partition coefficient (Wildman–Crippen LogP) is 2.35. The van der Waals surface area contributed by atoms with E-state index in [1.807, 2.05) is 0 Å². The van der Waals surface area contributed by atoms with Gasteiger partial charge in [0, 0.05) is 23.0 Å². The molecule has 0 radical (unpaired) electrons. The summed E-state index contributed by atoms with van der Waals surface area (Å²) >= 11 is 1.22. The minimum atomic E-state index is -0.342. The largest absolute Gasteiger partial charge is 0.399 e. The Kier molecular flexibility index (Phi) is 2.82. The Morgan fingerprint density at radius 2 is 2.13 bits per heavy atom. The summed E-state index contributed by atoms with van der Waals surface area (Å²) < 4.78 is 13.4. The molecular weight excluding hydrogens is 213 g/mol. The molecule has 0 aliphatic rings. The lowest BCUT2D eigenvalue weighted by Gasteiger charge is -2.02. The van der Waals surface area contributed by atoms with Gasteiger partial charge in [0.2, 0.25) is 0 Å². The van der Waals surface area contributed by atoms with Crippen LogP contribution in [0, 0.1) is 5.82 Å². The van der Waals surface area contributed by atoms with E-state index in [1.54, 1.807) is 30.7 Å². The zero-order chi connectivity index (χ0) is 10.7. The van der Waals surface area contributed by atoms with Crippen LogP contribution in [-0.4, -0.2) is 9.97 Å². The van der Waals surface area contributed by atoms with Crippen LogP contribution in [0.25, 0.3) is 0 Å². The van der Waals surface area contributed by atoms with Crippen LogP contribution >= 0.6 is 11.8 Å². The highest BCUT2D eigenvalue weighted by molar-refractivity contribution is 7.99. The van der Waals surface area contributed by atoms with Gasteiger partial charge in [-0.05, 0) is 18.2 Å². The number of anilines is 1. The topological polar surface area (TPSA) is 51.8 Å². The normalized spacial score (nSPS) is 10.2. The van der Waals surface area contributed by atoms with Gasteiger partial charge < -0.3 is 5.73 Å². The fourth-order valence-electron chi connectivity index (χ4n) is 1.05. The SMILES string of the molecule is Nc1ccc(Sc2cnccn2)c(F)c1. The molecule has 0 aliphatic heterocycles. The molecule has 2 rings (SSSR count). The third kappa shape index (κ3) is 2.44. The summed E-state index contributed by atoms with van der Waals surface area (Å²) in [5, 5.41) is 0.654. The second-order valence-corrected chi connectivity index (χ2v) is 3.90. The van der Waals surface area contributed by atoms with Crippen LogP contribution in [0.15, 0.2) is 46.7 Å². The van der Waals surface area contributed by atoms with Crippen molar-refractivity contribution in [1.29, 1.82) is 0 Å². The first-order valence-electron chi connectivity index (χ1n) is 4.24. The number of halogens is 1. The van der Waals surface area contributed by atoms with Crippen LogP contribution in [0.5, 0.6) is 0 Å². The Morgan fingerprint density at radius 3 is 2.80 bits per heavy atom. The smallest absolute Gasteiger partial charge is 0.139 e. The second-order valence-electron chi connectivity index (χ2n) is 2.84. The molecule has 1 heterocycles. The van der Waals surface area contributed by atoms with Crippen LogP contribution in [0.1, 0.15) is 0 Å². The maximum atomic E-state index is 13.4. The number of hydrogen-bond acceptors (Lipinski definition) is 4. The van der Waals surface area contributed by atoms with E-state index in [-0.39, 0.29) is 5.82 Å². The minimum Gasteiger partial charge on any atom is -0.399 e. The number of nitrogens with zero attached hydrogens (tertiary/aromatic N) is 2. The lowest BCUT2D eigenvalue weighted by Crippen LogP contribution is -1.88. The van der Waals surface area contributed by atoms with E-state index in [2.05, 4.69) is 9.97 Å². The highest BCUT2D eigenvalue weighted by Gasteiger charge is 2.05. The zero-order valence-corrected chi connectivity index (χ0v) is 8.54. The molecule has 1 aromatic heterocycles. The third-order valence-electron chi connectivity index (χ3n) is 1.71. The first kappa shape index (κ1) is 9.92. The molecule has 76 valence electrons. The predicted molar refractivity (Wildman–Crippen MR) is 57.0 cm³/mol. The molecule has 0 amide bonds. The first-order valence-corrected chi connectivity index (χ1v) is 5.06. The van der Waals surface area contributed by atoms with Gasteiger partial charge >= 0.3 is 0 Å². The van der Waals surface area contributed by atoms with Gasteiger partial charge in [-0.15, -0.1) is 0 Å². The molecule has 0 spiro atoms. The molecule has 0 bridgehead atoms. The zero-order valence-electron chi connectivity index (χ0n) is 7.72. The van der Waals surface area contributed by atoms with Crippen molar-refractivity contribution in [2.45, 2.75) is 9.92 Å². The summed E-state index contributed by atoms with van der Waals surface area (Å²) in [6.45, 7) is 0. The number of benzene rings is 1. The van der Waals surface area contributed by atoms with Crippen molar-refractivity contribution < 1.29 is 4.39 Å². The Balaban J connectivity index is 2.25. The van der Waals surface area contributed by atoms with E-state index >= 15 is 0 Å². The van der Waals surface area contributed by atoms with E-state index in [9.17, 15) is 4.39 Å². The molecular formula is C10H8FN3S. The van der Waals surface area contributed by atoms with Gasteiger partial charge in [-0.2, -0.15) is 0 Å². The van der Waals surface area contributed by atoms with E-state index in [4.69, 9.17) is 5.73 Å². The number of hydrogen-bond donors (Lipinski definition) is 1. The van der Waals surface area contributed by atoms with Crippen LogP contribution < -0.4 is 5.73 Å². The van der Waals surface area contributed by atoms with Gasteiger partial charge in [-0.25, -0.2) is 9.37 Å². The molecule has 15 heavy (non-hydrogen) atoms. The third-order valence-corrected chi connectivity index (χ3v) is 2.68. The van der Waals surface area contributed by atoms with Crippen molar-refractivity contribution in [2.24, 2.45) is 0 Å². The van der Waals surface area contributed by atoms with E-state index in [0.717, 1.165) is 0 Å². The standard InChI is InChI=1S/C10H8FN3S/c11-8-5-7(12)1-2-9(8)15-10-6-13-3-4-14-10/h1-6H,12H2. The molecule has 0 fully saturated rings. The molecule has 5 heteroatoms. The monoisotopic (exact) mass is 221 g/mol. The van der Waals surface area contributed by atoms with Crippen LogP contribution in [-0.2, 0) is 0 Å². The van der Waals surface area contributed by atoms with Crippen LogP contribution in [0.4, 0.5) is 10.1 Å². The van der Waals surface area contributed by atoms with Gasteiger partial charge in [0.05, 0.1) is 6.20 Å². The van der Waals surface area contributed by atoms with Gasteiger partial charge in [0.15, 0.2) is 0 Å². The number of rotatable bonds is 2. The average Bonchev–Trinajstić information content (AvgIpc) is 2.24. The molecule has 0 saturated heterocycles. The van der Waals surface area contributed by atoms with Crippen molar-refractivity contribution in [1.82, 2.24) is 9.97 Å². The highest BCUT2D eigenvalue weighted by Crippen LogP contribution is 2.28. The van der Waals surface area contributed by atoms with Crippen molar-refractivity contribution in [3.63, 3.8) is 0 Å². The summed E-state index contributed by atoms with van der Waals surface area (Å²) in [4.78, 5) is 8.43. The Bertz CT molecular complexity index is 461. The van der Waals surface area contributed by atoms with Gasteiger partial charge in [0.25, 0.3) is 0 Å². The number of aromatic nitrogens is 2. The maximum Gasteiger partial charge on any atom is 0.139 e. The molecule has 1 aromatic carbocycles. The molecule has 0 saturated carbocycles. The molecule has 0 aliphatic carbocycles. The van der Waals surface area contributed by atoms with Crippen molar-refractivity contribution in [3.8, 4) is 0 Å². The van der Waals surface area contributed by atoms with Gasteiger partial charge in [0.1, 0.15) is 10.8 Å². The summed E-state index contributed by atoms with van der Waals surface area (Å²) in [6.07, 6.45) is 4.72. The lowest BCUT2D eigenvalue weighted by atomic mass is 10.3. The minimum absolute atomic E-state index is 0.342. The number of nitrogen functional groups attached to an aromatic ring is 1. The van der Waals surface area contributed by atoms with E-state index in [1.165, 1.54) is 17.8 Å². The Hall–Kier alpha value is -1.62. The van der Waals surface area contributed by atoms with E-state index in [0.29, 0.717) is 15.6 Å². The Morgan fingerprint density at radius 1 is 1.27 bits per heavy atom. The highest BCUT2D eigenvalue weighted by atomic mass is 32.2. The van der Waals surface area contributed by atoms with Crippen LogP contribution in [0.3, 0.4) is 0 Å². The molecule has 2 N–H and O–H groups in total. The first-order chi connectivity index (χ1) is 7.25. The van der Waals surface area contributed by atoms with Crippen molar-refractivity contribution >= 4 is 17.4 Å². The van der Waals surface area contributed by atoms with Gasteiger partial charge in [-0.1, -0.05) is 11.8 Å².